The summed E-state index contributed by atoms with van der Waals surface area (Å²) in [5, 5.41) is 15.3. The average molecular weight is 448 g/mol. The molecular formula is C25H25FN4O3. The van der Waals surface area contributed by atoms with E-state index in [4.69, 9.17) is 9.26 Å². The minimum absolute atomic E-state index is 0.214. The van der Waals surface area contributed by atoms with Gasteiger partial charge in [0, 0.05) is 55.9 Å². The van der Waals surface area contributed by atoms with Crippen molar-refractivity contribution in [1.29, 1.82) is 0 Å². The summed E-state index contributed by atoms with van der Waals surface area (Å²) in [5.41, 5.74) is 1.91. The third-order valence-corrected chi connectivity index (χ3v) is 5.82. The molecule has 1 N–H and O–H groups in total. The number of aliphatic hydroxyl groups excluding tert-OH is 1. The minimum Gasteiger partial charge on any atom is -0.491 e. The molecule has 7 nitrogen and oxygen atoms in total. The van der Waals surface area contributed by atoms with E-state index in [0.29, 0.717) is 23.6 Å². The summed E-state index contributed by atoms with van der Waals surface area (Å²) in [5.74, 6) is 1.30. The number of ether oxygens (including phenoxy) is 1. The van der Waals surface area contributed by atoms with Gasteiger partial charge in [-0.1, -0.05) is 11.2 Å². The van der Waals surface area contributed by atoms with Crippen LogP contribution in [0.4, 0.5) is 10.2 Å². The van der Waals surface area contributed by atoms with Gasteiger partial charge in [0.2, 0.25) is 0 Å². The molecule has 0 amide bonds. The van der Waals surface area contributed by atoms with E-state index in [2.05, 4.69) is 19.9 Å². The zero-order valence-electron chi connectivity index (χ0n) is 18.1. The van der Waals surface area contributed by atoms with Gasteiger partial charge >= 0.3 is 0 Å². The van der Waals surface area contributed by atoms with E-state index in [-0.39, 0.29) is 12.4 Å². The van der Waals surface area contributed by atoms with Crippen LogP contribution in [0, 0.1) is 5.82 Å². The standard InChI is InChI=1S/C25H25FN4O3/c26-19-6-9-22-23(15-19)33-28-25(22)18-4-7-21(8-5-18)32-17-20(31)16-29-11-13-30(14-12-29)24-3-1-2-10-27-24/h1-10,15,20,31H,11-14,16-17H2/t20-/m0/s1. The second-order valence-electron chi connectivity index (χ2n) is 8.14. The zero-order valence-corrected chi connectivity index (χ0v) is 18.1. The van der Waals surface area contributed by atoms with Crippen LogP contribution in [0.1, 0.15) is 0 Å². The lowest BCUT2D eigenvalue weighted by Gasteiger charge is -2.36. The van der Waals surface area contributed by atoms with Crippen LogP contribution in [-0.4, -0.2) is 65.6 Å². The summed E-state index contributed by atoms with van der Waals surface area (Å²) in [4.78, 5) is 8.91. The Balaban J connectivity index is 1.11. The van der Waals surface area contributed by atoms with Crippen LogP contribution in [0.5, 0.6) is 5.75 Å². The van der Waals surface area contributed by atoms with Crippen molar-refractivity contribution in [3.8, 4) is 17.0 Å². The summed E-state index contributed by atoms with van der Waals surface area (Å²) < 4.78 is 24.4. The van der Waals surface area contributed by atoms with Gasteiger partial charge in [-0.05, 0) is 48.5 Å². The number of halogens is 1. The first-order valence-electron chi connectivity index (χ1n) is 11.0. The van der Waals surface area contributed by atoms with Crippen LogP contribution < -0.4 is 9.64 Å². The molecule has 2 aromatic carbocycles. The molecule has 0 saturated carbocycles. The highest BCUT2D eigenvalue weighted by molar-refractivity contribution is 5.91. The first kappa shape index (κ1) is 21.4. The molecular weight excluding hydrogens is 423 g/mol. The first-order chi connectivity index (χ1) is 16.2. The lowest BCUT2D eigenvalue weighted by atomic mass is 10.1. The van der Waals surface area contributed by atoms with Crippen molar-refractivity contribution in [1.82, 2.24) is 15.0 Å². The number of nitrogens with zero attached hydrogens (tertiary/aromatic N) is 4. The highest BCUT2D eigenvalue weighted by Gasteiger charge is 2.20. The number of hydrogen-bond acceptors (Lipinski definition) is 7. The van der Waals surface area contributed by atoms with Gasteiger partial charge in [-0.3, -0.25) is 4.90 Å². The normalized spacial score (nSPS) is 15.6. The Labute approximate surface area is 191 Å². The van der Waals surface area contributed by atoms with E-state index in [9.17, 15) is 9.50 Å². The first-order valence-corrected chi connectivity index (χ1v) is 11.0. The van der Waals surface area contributed by atoms with E-state index < -0.39 is 6.10 Å². The van der Waals surface area contributed by atoms with Crippen LogP contribution in [-0.2, 0) is 0 Å². The number of aliphatic hydroxyl groups is 1. The smallest absolute Gasteiger partial charge is 0.170 e. The van der Waals surface area contributed by atoms with Crippen LogP contribution in [0.2, 0.25) is 0 Å². The lowest BCUT2D eigenvalue weighted by Crippen LogP contribution is -2.49. The van der Waals surface area contributed by atoms with Gasteiger partial charge in [0.15, 0.2) is 5.58 Å². The van der Waals surface area contributed by atoms with Crippen LogP contribution in [0.25, 0.3) is 22.2 Å². The molecule has 0 radical (unpaired) electrons. The molecule has 1 atom stereocenters. The highest BCUT2D eigenvalue weighted by Crippen LogP contribution is 2.29. The molecule has 0 spiro atoms. The molecule has 1 aliphatic rings. The van der Waals surface area contributed by atoms with E-state index in [1.807, 2.05) is 48.7 Å². The number of fused-ring (bicyclic) bond motifs is 1. The quantitative estimate of drug-likeness (QED) is 0.463. The molecule has 2 aromatic heterocycles. The molecule has 4 aromatic rings. The summed E-state index contributed by atoms with van der Waals surface area (Å²) in [6, 6.07) is 17.7. The largest absolute Gasteiger partial charge is 0.491 e. The van der Waals surface area contributed by atoms with Crippen LogP contribution in [0.3, 0.4) is 0 Å². The van der Waals surface area contributed by atoms with Crippen molar-refractivity contribution in [3.05, 3.63) is 72.7 Å². The van der Waals surface area contributed by atoms with E-state index >= 15 is 0 Å². The minimum atomic E-state index is -0.583. The summed E-state index contributed by atoms with van der Waals surface area (Å²) in [7, 11) is 0. The number of aromatic nitrogens is 2. The highest BCUT2D eigenvalue weighted by atomic mass is 19.1. The van der Waals surface area contributed by atoms with E-state index in [0.717, 1.165) is 42.9 Å². The Bertz CT molecular complexity index is 1190. The molecule has 1 aliphatic heterocycles. The molecule has 1 fully saturated rings. The van der Waals surface area contributed by atoms with Crippen molar-refractivity contribution in [2.24, 2.45) is 0 Å². The molecule has 5 rings (SSSR count). The Hall–Kier alpha value is -3.49. The summed E-state index contributed by atoms with van der Waals surface area (Å²) >= 11 is 0. The molecule has 1 saturated heterocycles. The number of pyridine rings is 1. The Morgan fingerprint density at radius 3 is 2.61 bits per heavy atom. The van der Waals surface area contributed by atoms with Crippen molar-refractivity contribution in [2.45, 2.75) is 6.10 Å². The van der Waals surface area contributed by atoms with Gasteiger partial charge in [-0.25, -0.2) is 9.37 Å². The van der Waals surface area contributed by atoms with Crippen molar-refractivity contribution in [3.63, 3.8) is 0 Å². The Kier molecular flexibility index (Phi) is 6.19. The number of hydrogen-bond donors (Lipinski definition) is 1. The monoisotopic (exact) mass is 448 g/mol. The molecule has 0 aliphatic carbocycles. The number of piperazine rings is 1. The van der Waals surface area contributed by atoms with Crippen LogP contribution >= 0.6 is 0 Å². The lowest BCUT2D eigenvalue weighted by molar-refractivity contribution is 0.0662. The van der Waals surface area contributed by atoms with Gasteiger partial charge in [-0.15, -0.1) is 0 Å². The molecule has 3 heterocycles. The molecule has 33 heavy (non-hydrogen) atoms. The van der Waals surface area contributed by atoms with Gasteiger partial charge in [-0.2, -0.15) is 0 Å². The van der Waals surface area contributed by atoms with Gasteiger partial charge < -0.3 is 19.3 Å². The predicted octanol–water partition coefficient (Wildman–Crippen LogP) is 3.59. The fourth-order valence-electron chi connectivity index (χ4n) is 4.07. The molecule has 8 heteroatoms. The fourth-order valence-corrected chi connectivity index (χ4v) is 4.07. The zero-order chi connectivity index (χ0) is 22.6. The number of anilines is 1. The summed E-state index contributed by atoms with van der Waals surface area (Å²) in [6.07, 6.45) is 1.23. The number of benzene rings is 2. The molecule has 0 unspecified atom stereocenters. The second-order valence-corrected chi connectivity index (χ2v) is 8.14. The van der Waals surface area contributed by atoms with Gasteiger partial charge in [0.05, 0.1) is 0 Å². The summed E-state index contributed by atoms with van der Waals surface area (Å²) in [6.45, 7) is 4.29. The van der Waals surface area contributed by atoms with Crippen molar-refractivity contribution < 1.29 is 18.8 Å². The maximum absolute atomic E-state index is 13.4. The SMILES string of the molecule is O[C@H](COc1ccc(-c2noc3cc(F)ccc23)cc1)CN1CCN(c2ccccn2)CC1. The van der Waals surface area contributed by atoms with Crippen molar-refractivity contribution in [2.75, 3.05) is 44.2 Å². The van der Waals surface area contributed by atoms with Gasteiger partial charge in [0.1, 0.15) is 35.8 Å². The van der Waals surface area contributed by atoms with Crippen molar-refractivity contribution >= 4 is 16.8 Å². The van der Waals surface area contributed by atoms with E-state index in [1.54, 1.807) is 6.07 Å². The second kappa shape index (κ2) is 9.56. The number of rotatable bonds is 7. The average Bonchev–Trinajstić information content (AvgIpc) is 3.27. The third-order valence-electron chi connectivity index (χ3n) is 5.82. The maximum atomic E-state index is 13.4. The maximum Gasteiger partial charge on any atom is 0.170 e. The predicted molar refractivity (Wildman–Crippen MR) is 124 cm³/mol. The fraction of sp³-hybridized carbons (Fsp3) is 0.280. The Morgan fingerprint density at radius 2 is 1.85 bits per heavy atom. The topological polar surface area (TPSA) is 74.9 Å². The molecule has 170 valence electrons. The van der Waals surface area contributed by atoms with E-state index in [1.165, 1.54) is 12.1 Å². The van der Waals surface area contributed by atoms with Gasteiger partial charge in [0.25, 0.3) is 0 Å². The third kappa shape index (κ3) is 4.97. The Morgan fingerprint density at radius 1 is 1.03 bits per heavy atom. The molecule has 0 bridgehead atoms. The van der Waals surface area contributed by atoms with Crippen LogP contribution in [0.15, 0.2) is 71.4 Å². The number of β-amino-alcohol motifs (C(OH)–C–C–N with tert-alkyl or cyclic N) is 1.